The number of hydrogen-bond acceptors (Lipinski definition) is 5. The van der Waals surface area contributed by atoms with Crippen LogP contribution in [-0.2, 0) is 6.61 Å². The van der Waals surface area contributed by atoms with Gasteiger partial charge in [-0.3, -0.25) is 0 Å². The minimum Gasteiger partial charge on any atom is -0.507 e. The van der Waals surface area contributed by atoms with Gasteiger partial charge in [-0.2, -0.15) is 5.10 Å². The van der Waals surface area contributed by atoms with Crippen molar-refractivity contribution in [3.8, 4) is 28.6 Å². The van der Waals surface area contributed by atoms with E-state index < -0.39 is 17.4 Å². The Kier molecular flexibility index (Phi) is 5.28. The Morgan fingerprint density at radius 1 is 1.10 bits per heavy atom. The number of aryl methyl sites for hydroxylation is 1. The second-order valence-electron chi connectivity index (χ2n) is 6.92. The number of nitrogens with one attached hydrogen (secondary N) is 1. The summed E-state index contributed by atoms with van der Waals surface area (Å²) >= 11 is 0. The average molecular weight is 417 g/mol. The number of ether oxygens (including phenoxy) is 1. The number of hydrogen-bond donors (Lipinski definition) is 3. The first-order valence-electron chi connectivity index (χ1n) is 9.46. The Hall–Kier alpha value is -4.33. The van der Waals surface area contributed by atoms with Gasteiger partial charge in [0.05, 0.1) is 11.3 Å². The maximum atomic E-state index is 12.6. The second-order valence-corrected chi connectivity index (χ2v) is 6.92. The van der Waals surface area contributed by atoms with Gasteiger partial charge in [0, 0.05) is 6.07 Å². The van der Waals surface area contributed by atoms with Crippen LogP contribution in [0.15, 0.2) is 71.5 Å². The summed E-state index contributed by atoms with van der Waals surface area (Å²) < 4.78 is 7.25. The third kappa shape index (κ3) is 3.91. The molecule has 0 aliphatic carbocycles. The van der Waals surface area contributed by atoms with E-state index in [-0.39, 0.29) is 29.3 Å². The summed E-state index contributed by atoms with van der Waals surface area (Å²) in [6.45, 7) is 2.03. The van der Waals surface area contributed by atoms with Gasteiger partial charge in [-0.15, -0.1) is 0 Å². The molecule has 0 saturated carbocycles. The molecule has 156 valence electrons. The number of nitrogens with zero attached hydrogens (tertiary/aromatic N) is 2. The van der Waals surface area contributed by atoms with Gasteiger partial charge >= 0.3 is 11.7 Å². The predicted molar refractivity (Wildman–Crippen MR) is 114 cm³/mol. The molecule has 0 aliphatic rings. The van der Waals surface area contributed by atoms with Crippen LogP contribution in [0.2, 0.25) is 0 Å². The summed E-state index contributed by atoms with van der Waals surface area (Å²) in [4.78, 5) is 24.2. The summed E-state index contributed by atoms with van der Waals surface area (Å²) in [5.74, 6) is -1.39. The van der Waals surface area contributed by atoms with Crippen LogP contribution >= 0.6 is 0 Å². The third-order valence-electron chi connectivity index (χ3n) is 4.84. The van der Waals surface area contributed by atoms with Crippen molar-refractivity contribution in [1.29, 1.82) is 0 Å². The first-order valence-corrected chi connectivity index (χ1v) is 9.46. The lowest BCUT2D eigenvalue weighted by molar-refractivity contribution is 0.0693. The number of carboxylic acids is 1. The largest absolute Gasteiger partial charge is 0.507 e. The Morgan fingerprint density at radius 2 is 1.81 bits per heavy atom. The van der Waals surface area contributed by atoms with Gasteiger partial charge in [0.15, 0.2) is 5.82 Å². The van der Waals surface area contributed by atoms with Gasteiger partial charge in [-0.05, 0) is 30.2 Å². The lowest BCUT2D eigenvalue weighted by Crippen LogP contribution is -2.17. The standard InChI is InChI=1S/C23H19N3O5/c1-14-7-5-6-10-18(14)26-21(24-25-23(26)30)17-11-16(22(28)29)19(27)12-20(17)31-13-15-8-3-2-4-9-15/h2-12,27H,13H2,1H3,(H,25,30)(H,28,29). The minimum absolute atomic E-state index is 0.171. The molecule has 0 radical (unpaired) electrons. The zero-order chi connectivity index (χ0) is 22.0. The van der Waals surface area contributed by atoms with Crippen LogP contribution in [0.1, 0.15) is 21.5 Å². The molecule has 0 spiro atoms. The number of carboxylic acid groups (broad SMARTS) is 1. The van der Waals surface area contributed by atoms with E-state index in [0.29, 0.717) is 5.69 Å². The molecule has 0 amide bonds. The maximum absolute atomic E-state index is 12.6. The van der Waals surface area contributed by atoms with Crippen molar-refractivity contribution < 1.29 is 19.7 Å². The number of carbonyl (C=O) groups is 1. The van der Waals surface area contributed by atoms with Gasteiger partial charge < -0.3 is 14.9 Å². The van der Waals surface area contributed by atoms with E-state index in [9.17, 15) is 19.8 Å². The number of H-pyrrole nitrogens is 1. The number of phenols is 1. The lowest BCUT2D eigenvalue weighted by atomic mass is 10.1. The Balaban J connectivity index is 1.88. The molecule has 0 fully saturated rings. The summed E-state index contributed by atoms with van der Waals surface area (Å²) in [5.41, 5.74) is 1.75. The molecule has 0 unspecified atom stereocenters. The summed E-state index contributed by atoms with van der Waals surface area (Å²) in [7, 11) is 0. The van der Waals surface area contributed by atoms with E-state index in [0.717, 1.165) is 11.1 Å². The fourth-order valence-electron chi connectivity index (χ4n) is 3.29. The molecule has 4 aromatic rings. The van der Waals surface area contributed by atoms with E-state index in [4.69, 9.17) is 4.74 Å². The number of benzene rings is 3. The molecule has 0 aliphatic heterocycles. The van der Waals surface area contributed by atoms with Crippen LogP contribution in [-0.4, -0.2) is 30.9 Å². The number of rotatable bonds is 6. The monoisotopic (exact) mass is 417 g/mol. The third-order valence-corrected chi connectivity index (χ3v) is 4.84. The Labute approximate surface area is 177 Å². The van der Waals surface area contributed by atoms with E-state index >= 15 is 0 Å². The number of para-hydroxylation sites is 1. The van der Waals surface area contributed by atoms with Crippen molar-refractivity contribution in [2.24, 2.45) is 0 Å². The highest BCUT2D eigenvalue weighted by Gasteiger charge is 2.22. The number of aromatic hydroxyl groups is 1. The molecule has 0 bridgehead atoms. The summed E-state index contributed by atoms with van der Waals surface area (Å²) in [5, 5.41) is 26.2. The van der Waals surface area contributed by atoms with Crippen molar-refractivity contribution in [2.75, 3.05) is 0 Å². The number of aromatic carboxylic acids is 1. The van der Waals surface area contributed by atoms with Crippen LogP contribution in [0.3, 0.4) is 0 Å². The topological polar surface area (TPSA) is 117 Å². The van der Waals surface area contributed by atoms with E-state index in [2.05, 4.69) is 10.2 Å². The van der Waals surface area contributed by atoms with Crippen molar-refractivity contribution in [3.05, 3.63) is 93.9 Å². The smallest absolute Gasteiger partial charge is 0.348 e. The van der Waals surface area contributed by atoms with Gasteiger partial charge in [0.1, 0.15) is 23.7 Å². The first kappa shape index (κ1) is 20.0. The first-order chi connectivity index (χ1) is 15.0. The minimum atomic E-state index is -1.31. The maximum Gasteiger partial charge on any atom is 0.348 e. The van der Waals surface area contributed by atoms with Gasteiger partial charge in [0.25, 0.3) is 0 Å². The zero-order valence-corrected chi connectivity index (χ0v) is 16.6. The van der Waals surface area contributed by atoms with Gasteiger partial charge in [-0.1, -0.05) is 48.5 Å². The molecular formula is C23H19N3O5. The molecular weight excluding hydrogens is 398 g/mol. The highest BCUT2D eigenvalue weighted by molar-refractivity contribution is 5.93. The van der Waals surface area contributed by atoms with Crippen molar-refractivity contribution in [3.63, 3.8) is 0 Å². The normalized spacial score (nSPS) is 10.7. The average Bonchev–Trinajstić information content (AvgIpc) is 3.14. The highest BCUT2D eigenvalue weighted by atomic mass is 16.5. The van der Waals surface area contributed by atoms with Crippen LogP contribution in [0.5, 0.6) is 11.5 Å². The Bertz CT molecular complexity index is 1310. The molecule has 0 atom stereocenters. The SMILES string of the molecule is Cc1ccccc1-n1c(-c2cc(C(=O)O)c(O)cc2OCc2ccccc2)n[nH]c1=O. The zero-order valence-electron chi connectivity index (χ0n) is 16.6. The molecule has 4 rings (SSSR count). The molecule has 3 aromatic carbocycles. The fourth-order valence-corrected chi connectivity index (χ4v) is 3.29. The molecule has 8 heteroatoms. The fraction of sp³-hybridized carbons (Fsp3) is 0.0870. The quantitative estimate of drug-likeness (QED) is 0.442. The number of aromatic nitrogens is 3. The molecule has 1 aromatic heterocycles. The second kappa shape index (κ2) is 8.19. The molecule has 1 heterocycles. The van der Waals surface area contributed by atoms with E-state index in [1.54, 1.807) is 12.1 Å². The van der Waals surface area contributed by atoms with Crippen molar-refractivity contribution >= 4 is 5.97 Å². The Morgan fingerprint density at radius 3 is 2.52 bits per heavy atom. The summed E-state index contributed by atoms with van der Waals surface area (Å²) in [6, 6.07) is 19.1. The highest BCUT2D eigenvalue weighted by Crippen LogP contribution is 2.36. The summed E-state index contributed by atoms with van der Waals surface area (Å²) in [6.07, 6.45) is 0. The van der Waals surface area contributed by atoms with Crippen LogP contribution in [0.4, 0.5) is 0 Å². The predicted octanol–water partition coefficient (Wildman–Crippen LogP) is 3.52. The molecule has 0 saturated heterocycles. The molecule has 31 heavy (non-hydrogen) atoms. The van der Waals surface area contributed by atoms with Gasteiger partial charge in [-0.25, -0.2) is 19.3 Å². The van der Waals surface area contributed by atoms with Crippen molar-refractivity contribution in [1.82, 2.24) is 14.8 Å². The van der Waals surface area contributed by atoms with Gasteiger partial charge in [0.2, 0.25) is 0 Å². The van der Waals surface area contributed by atoms with Crippen LogP contribution < -0.4 is 10.4 Å². The van der Waals surface area contributed by atoms with Crippen molar-refractivity contribution in [2.45, 2.75) is 13.5 Å². The molecule has 8 nitrogen and oxygen atoms in total. The lowest BCUT2D eigenvalue weighted by Gasteiger charge is -2.15. The number of aromatic amines is 1. The van der Waals surface area contributed by atoms with Crippen LogP contribution in [0.25, 0.3) is 17.1 Å². The molecule has 3 N–H and O–H groups in total. The van der Waals surface area contributed by atoms with E-state index in [1.165, 1.54) is 16.7 Å². The van der Waals surface area contributed by atoms with E-state index in [1.807, 2.05) is 49.4 Å². The van der Waals surface area contributed by atoms with Crippen LogP contribution in [0, 0.1) is 6.92 Å².